The van der Waals surface area contributed by atoms with Crippen molar-refractivity contribution in [2.45, 2.75) is 44.7 Å². The zero-order chi connectivity index (χ0) is 14.4. The van der Waals surface area contributed by atoms with E-state index in [1.807, 2.05) is 0 Å². The minimum Gasteiger partial charge on any atom is -0.378 e. The second kappa shape index (κ2) is 7.77. The lowest BCUT2D eigenvalue weighted by Crippen LogP contribution is -2.53. The van der Waals surface area contributed by atoms with Crippen LogP contribution in [0.25, 0.3) is 0 Å². The summed E-state index contributed by atoms with van der Waals surface area (Å²) >= 11 is 0. The fourth-order valence-corrected chi connectivity index (χ4v) is 3.19. The van der Waals surface area contributed by atoms with Gasteiger partial charge in [0.05, 0.1) is 13.2 Å². The van der Waals surface area contributed by atoms with E-state index in [2.05, 4.69) is 49.1 Å². The second-order valence-electron chi connectivity index (χ2n) is 5.81. The third-order valence-corrected chi connectivity index (χ3v) is 4.48. The molecule has 3 nitrogen and oxygen atoms in total. The van der Waals surface area contributed by atoms with Crippen molar-refractivity contribution in [3.63, 3.8) is 0 Å². The maximum Gasteiger partial charge on any atom is 0.0622 e. The van der Waals surface area contributed by atoms with Gasteiger partial charge in [0.15, 0.2) is 0 Å². The van der Waals surface area contributed by atoms with Gasteiger partial charge in [0.2, 0.25) is 0 Å². The molecule has 3 heteroatoms. The first-order valence-electron chi connectivity index (χ1n) is 7.84. The number of nitrogens with two attached hydrogens (primary N) is 1. The Morgan fingerprint density at radius 3 is 2.75 bits per heavy atom. The third-order valence-electron chi connectivity index (χ3n) is 4.48. The molecule has 2 N–H and O–H groups in total. The van der Waals surface area contributed by atoms with E-state index in [0.717, 1.165) is 39.1 Å². The van der Waals surface area contributed by atoms with Crippen LogP contribution in [0.4, 0.5) is 0 Å². The summed E-state index contributed by atoms with van der Waals surface area (Å²) in [7, 11) is 0. The van der Waals surface area contributed by atoms with Gasteiger partial charge in [0, 0.05) is 25.2 Å². The van der Waals surface area contributed by atoms with E-state index in [9.17, 15) is 0 Å². The van der Waals surface area contributed by atoms with Crippen LogP contribution in [-0.4, -0.2) is 43.3 Å². The highest BCUT2D eigenvalue weighted by atomic mass is 16.5. The zero-order valence-corrected chi connectivity index (χ0v) is 12.8. The van der Waals surface area contributed by atoms with Crippen molar-refractivity contribution in [3.05, 3.63) is 35.9 Å². The summed E-state index contributed by atoms with van der Waals surface area (Å²) in [6.45, 7) is 7.98. The highest BCUT2D eigenvalue weighted by Crippen LogP contribution is 2.24. The molecule has 20 heavy (non-hydrogen) atoms. The molecule has 0 saturated carbocycles. The van der Waals surface area contributed by atoms with Gasteiger partial charge in [0.1, 0.15) is 0 Å². The lowest BCUT2D eigenvalue weighted by molar-refractivity contribution is -0.0308. The molecule has 0 radical (unpaired) electrons. The normalized spacial score (nSPS) is 23.4. The van der Waals surface area contributed by atoms with Gasteiger partial charge in [0.25, 0.3) is 0 Å². The molecular formula is C17H28N2O. The molecule has 0 aromatic heterocycles. The summed E-state index contributed by atoms with van der Waals surface area (Å²) in [5, 5.41) is 0. The van der Waals surface area contributed by atoms with Crippen LogP contribution < -0.4 is 5.73 Å². The van der Waals surface area contributed by atoms with Crippen molar-refractivity contribution in [1.82, 2.24) is 4.90 Å². The summed E-state index contributed by atoms with van der Waals surface area (Å²) in [6, 6.07) is 11.7. The van der Waals surface area contributed by atoms with Crippen LogP contribution in [-0.2, 0) is 4.74 Å². The van der Waals surface area contributed by atoms with Crippen molar-refractivity contribution in [2.75, 3.05) is 26.3 Å². The van der Waals surface area contributed by atoms with Gasteiger partial charge in [-0.15, -0.1) is 0 Å². The van der Waals surface area contributed by atoms with Crippen molar-refractivity contribution in [3.8, 4) is 0 Å². The number of ether oxygens (including phenoxy) is 1. The smallest absolute Gasteiger partial charge is 0.0622 e. The molecule has 0 bridgehead atoms. The maximum absolute atomic E-state index is 6.06. The first-order chi connectivity index (χ1) is 9.76. The average Bonchev–Trinajstić information content (AvgIpc) is 2.53. The Labute approximate surface area is 123 Å². The molecule has 1 saturated heterocycles. The van der Waals surface area contributed by atoms with Crippen molar-refractivity contribution < 1.29 is 4.74 Å². The van der Waals surface area contributed by atoms with E-state index in [-0.39, 0.29) is 0 Å². The van der Waals surface area contributed by atoms with Crippen molar-refractivity contribution in [1.29, 1.82) is 0 Å². The van der Waals surface area contributed by atoms with Crippen molar-refractivity contribution in [2.24, 2.45) is 5.73 Å². The molecule has 0 aliphatic carbocycles. The molecule has 1 heterocycles. The van der Waals surface area contributed by atoms with E-state index < -0.39 is 0 Å². The topological polar surface area (TPSA) is 38.5 Å². The predicted molar refractivity (Wildman–Crippen MR) is 83.9 cm³/mol. The van der Waals surface area contributed by atoms with Crippen LogP contribution in [0.3, 0.4) is 0 Å². The van der Waals surface area contributed by atoms with E-state index in [4.69, 9.17) is 10.5 Å². The highest BCUT2D eigenvalue weighted by Gasteiger charge is 2.28. The molecular weight excluding hydrogens is 248 g/mol. The van der Waals surface area contributed by atoms with Gasteiger partial charge < -0.3 is 10.5 Å². The number of morpholine rings is 1. The Morgan fingerprint density at radius 1 is 1.35 bits per heavy atom. The first kappa shape index (κ1) is 15.5. The molecule has 2 rings (SSSR count). The lowest BCUT2D eigenvalue weighted by atomic mass is 9.92. The molecule has 1 aliphatic heterocycles. The summed E-state index contributed by atoms with van der Waals surface area (Å²) in [5.74, 6) is 0.546. The van der Waals surface area contributed by atoms with E-state index in [0.29, 0.717) is 18.0 Å². The number of hydrogen-bond donors (Lipinski definition) is 1. The summed E-state index contributed by atoms with van der Waals surface area (Å²) in [6.07, 6.45) is 2.26. The first-order valence-corrected chi connectivity index (χ1v) is 7.84. The van der Waals surface area contributed by atoms with E-state index in [1.165, 1.54) is 5.56 Å². The Morgan fingerprint density at radius 2 is 2.10 bits per heavy atom. The third kappa shape index (κ3) is 3.81. The molecule has 3 unspecified atom stereocenters. The molecule has 3 atom stereocenters. The van der Waals surface area contributed by atoms with Crippen LogP contribution in [0.5, 0.6) is 0 Å². The quantitative estimate of drug-likeness (QED) is 0.868. The highest BCUT2D eigenvalue weighted by molar-refractivity contribution is 5.19. The Hall–Kier alpha value is -0.900. The van der Waals surface area contributed by atoms with Crippen LogP contribution in [0.2, 0.25) is 0 Å². The lowest BCUT2D eigenvalue weighted by Gasteiger charge is -2.41. The van der Waals surface area contributed by atoms with Crippen molar-refractivity contribution >= 4 is 0 Å². The van der Waals surface area contributed by atoms with Gasteiger partial charge >= 0.3 is 0 Å². The van der Waals surface area contributed by atoms with E-state index in [1.54, 1.807) is 0 Å². The number of nitrogens with zero attached hydrogens (tertiary/aromatic N) is 1. The zero-order valence-electron chi connectivity index (χ0n) is 12.8. The maximum atomic E-state index is 6.06. The fourth-order valence-electron chi connectivity index (χ4n) is 3.19. The molecule has 1 fully saturated rings. The molecule has 1 aliphatic rings. The Bertz CT molecular complexity index is 382. The summed E-state index contributed by atoms with van der Waals surface area (Å²) in [4.78, 5) is 2.57. The Balaban J connectivity index is 2.00. The minimum atomic E-state index is 0.457. The van der Waals surface area contributed by atoms with Crippen LogP contribution in [0.15, 0.2) is 30.3 Å². The van der Waals surface area contributed by atoms with Crippen LogP contribution >= 0.6 is 0 Å². The molecule has 1 aromatic rings. The fraction of sp³-hybridized carbons (Fsp3) is 0.647. The number of hydrogen-bond acceptors (Lipinski definition) is 3. The van der Waals surface area contributed by atoms with Crippen LogP contribution in [0.1, 0.15) is 38.2 Å². The average molecular weight is 276 g/mol. The number of rotatable bonds is 6. The molecule has 0 amide bonds. The largest absolute Gasteiger partial charge is 0.378 e. The summed E-state index contributed by atoms with van der Waals surface area (Å²) in [5.41, 5.74) is 7.47. The Kier molecular flexibility index (Phi) is 6.02. The van der Waals surface area contributed by atoms with Gasteiger partial charge in [-0.25, -0.2) is 0 Å². The second-order valence-corrected chi connectivity index (χ2v) is 5.81. The molecule has 1 aromatic carbocycles. The van der Waals surface area contributed by atoms with Gasteiger partial charge in [-0.05, 0) is 24.3 Å². The molecule has 0 spiro atoms. The summed E-state index contributed by atoms with van der Waals surface area (Å²) < 4.78 is 5.61. The van der Waals surface area contributed by atoms with Gasteiger partial charge in [-0.1, -0.05) is 44.2 Å². The molecule has 112 valence electrons. The minimum absolute atomic E-state index is 0.457. The van der Waals surface area contributed by atoms with E-state index >= 15 is 0 Å². The standard InChI is InChI=1S/C17H28N2O/c1-3-16-13-20-10-9-19(16)17(12-18)11-14(2)15-7-5-4-6-8-15/h4-8,14,16-17H,3,9-13,18H2,1-2H3. The monoisotopic (exact) mass is 276 g/mol. The number of benzene rings is 1. The predicted octanol–water partition coefficient (Wildman–Crippen LogP) is 2.62. The van der Waals surface area contributed by atoms with Crippen LogP contribution in [0, 0.1) is 0 Å². The van der Waals surface area contributed by atoms with Gasteiger partial charge in [-0.3, -0.25) is 4.90 Å². The SMILES string of the molecule is CCC1COCCN1C(CN)CC(C)c1ccccc1. The van der Waals surface area contributed by atoms with Gasteiger partial charge in [-0.2, -0.15) is 0 Å².